The highest BCUT2D eigenvalue weighted by Gasteiger charge is 2.35. The Morgan fingerprint density at radius 2 is 1.52 bits per heavy atom. The van der Waals surface area contributed by atoms with E-state index in [0.717, 1.165) is 25.7 Å². The van der Waals surface area contributed by atoms with Gasteiger partial charge in [0.2, 0.25) is 11.8 Å². The Kier molecular flexibility index (Phi) is 6.30. The van der Waals surface area contributed by atoms with E-state index in [1.807, 2.05) is 20.8 Å². The summed E-state index contributed by atoms with van der Waals surface area (Å²) in [7, 11) is 1.63. The molecule has 2 rings (SSSR count). The molecule has 2 aliphatic heterocycles. The number of carbonyl (C=O) groups is 3. The highest BCUT2D eigenvalue weighted by molar-refractivity contribution is 5.83. The van der Waals surface area contributed by atoms with Crippen LogP contribution in [-0.2, 0) is 14.3 Å². The minimum absolute atomic E-state index is 0.00322. The van der Waals surface area contributed by atoms with Crippen molar-refractivity contribution < 1.29 is 19.1 Å². The Morgan fingerprint density at radius 1 is 0.960 bits per heavy atom. The van der Waals surface area contributed by atoms with Crippen LogP contribution in [0.5, 0.6) is 0 Å². The van der Waals surface area contributed by atoms with Gasteiger partial charge in [-0.2, -0.15) is 0 Å². The van der Waals surface area contributed by atoms with E-state index in [4.69, 9.17) is 4.74 Å². The number of carbonyl (C=O) groups excluding carboxylic acids is 3. The van der Waals surface area contributed by atoms with E-state index in [2.05, 4.69) is 5.32 Å². The van der Waals surface area contributed by atoms with Crippen LogP contribution in [0.1, 0.15) is 46.5 Å². The second-order valence-electron chi connectivity index (χ2n) is 8.00. The molecule has 1 N–H and O–H groups in total. The van der Waals surface area contributed by atoms with Crippen LogP contribution >= 0.6 is 0 Å². The van der Waals surface area contributed by atoms with Crippen molar-refractivity contribution in [2.24, 2.45) is 11.8 Å². The number of hydrogen-bond donors (Lipinski definition) is 1. The molecule has 0 radical (unpaired) electrons. The molecule has 0 spiro atoms. The van der Waals surface area contributed by atoms with Crippen molar-refractivity contribution in [3.63, 3.8) is 0 Å². The van der Waals surface area contributed by atoms with Crippen LogP contribution in [0, 0.1) is 11.8 Å². The smallest absolute Gasteiger partial charge is 0.410 e. The molecule has 0 aromatic rings. The van der Waals surface area contributed by atoms with Crippen molar-refractivity contribution >= 4 is 17.9 Å². The monoisotopic (exact) mass is 353 g/mol. The van der Waals surface area contributed by atoms with Gasteiger partial charge in [0, 0.05) is 33.2 Å². The summed E-state index contributed by atoms with van der Waals surface area (Å²) in [6.07, 6.45) is 2.87. The fraction of sp³-hybridized carbons (Fsp3) is 0.833. The van der Waals surface area contributed by atoms with E-state index in [1.54, 1.807) is 16.8 Å². The first-order valence-electron chi connectivity index (χ1n) is 9.19. The van der Waals surface area contributed by atoms with Gasteiger partial charge in [-0.3, -0.25) is 9.59 Å². The van der Waals surface area contributed by atoms with E-state index in [9.17, 15) is 14.4 Å². The normalized spacial score (nSPS) is 24.6. The zero-order valence-electron chi connectivity index (χ0n) is 15.8. The highest BCUT2D eigenvalue weighted by atomic mass is 16.6. The van der Waals surface area contributed by atoms with E-state index in [0.29, 0.717) is 26.2 Å². The van der Waals surface area contributed by atoms with E-state index in [1.165, 1.54) is 0 Å². The summed E-state index contributed by atoms with van der Waals surface area (Å²) < 4.78 is 5.42. The second-order valence-corrected chi connectivity index (χ2v) is 8.00. The van der Waals surface area contributed by atoms with Crippen LogP contribution in [0.15, 0.2) is 0 Å². The topological polar surface area (TPSA) is 79.0 Å². The van der Waals surface area contributed by atoms with Crippen molar-refractivity contribution in [2.45, 2.75) is 52.1 Å². The van der Waals surface area contributed by atoms with Crippen LogP contribution in [0.25, 0.3) is 0 Å². The number of hydrogen-bond acceptors (Lipinski definition) is 4. The second kappa shape index (κ2) is 8.06. The first-order valence-corrected chi connectivity index (χ1v) is 9.19. The van der Waals surface area contributed by atoms with Crippen molar-refractivity contribution in [3.8, 4) is 0 Å². The highest BCUT2D eigenvalue weighted by Crippen LogP contribution is 2.24. The average molecular weight is 353 g/mol. The first-order chi connectivity index (χ1) is 11.7. The maximum atomic E-state index is 12.9. The predicted octanol–water partition coefficient (Wildman–Crippen LogP) is 1.62. The number of rotatable bonds is 2. The Morgan fingerprint density at radius 3 is 2.12 bits per heavy atom. The summed E-state index contributed by atoms with van der Waals surface area (Å²) in [4.78, 5) is 40.4. The van der Waals surface area contributed by atoms with Gasteiger partial charge in [0.1, 0.15) is 5.60 Å². The zero-order chi connectivity index (χ0) is 18.6. The molecule has 2 fully saturated rings. The first kappa shape index (κ1) is 19.5. The summed E-state index contributed by atoms with van der Waals surface area (Å²) in [5, 5.41) is 2.67. The van der Waals surface area contributed by atoms with Gasteiger partial charge in [0.05, 0.1) is 11.8 Å². The average Bonchev–Trinajstić information content (AvgIpc) is 2.59. The van der Waals surface area contributed by atoms with Gasteiger partial charge in [-0.05, 0) is 46.5 Å². The molecule has 2 aliphatic rings. The summed E-state index contributed by atoms with van der Waals surface area (Å²) in [5.74, 6) is -0.281. The van der Waals surface area contributed by atoms with Crippen LogP contribution < -0.4 is 5.32 Å². The summed E-state index contributed by atoms with van der Waals surface area (Å²) >= 11 is 0. The van der Waals surface area contributed by atoms with E-state index < -0.39 is 5.60 Å². The lowest BCUT2D eigenvalue weighted by Gasteiger charge is -2.38. The molecule has 7 nitrogen and oxygen atoms in total. The molecule has 2 saturated heterocycles. The third-order valence-electron chi connectivity index (χ3n) is 4.77. The van der Waals surface area contributed by atoms with Gasteiger partial charge in [-0.15, -0.1) is 0 Å². The maximum Gasteiger partial charge on any atom is 0.410 e. The quantitative estimate of drug-likeness (QED) is 0.818. The molecule has 0 bridgehead atoms. The molecule has 25 heavy (non-hydrogen) atoms. The maximum absolute atomic E-state index is 12.9. The molecule has 2 heterocycles. The van der Waals surface area contributed by atoms with Crippen LogP contribution in [-0.4, -0.2) is 66.5 Å². The zero-order valence-corrected chi connectivity index (χ0v) is 15.8. The van der Waals surface area contributed by atoms with Crippen LogP contribution in [0.3, 0.4) is 0 Å². The minimum atomic E-state index is -0.540. The van der Waals surface area contributed by atoms with Crippen molar-refractivity contribution in [1.29, 1.82) is 0 Å². The van der Waals surface area contributed by atoms with Gasteiger partial charge in [0.15, 0.2) is 0 Å². The van der Waals surface area contributed by atoms with Crippen molar-refractivity contribution in [2.75, 3.05) is 33.2 Å². The Labute approximate surface area is 150 Å². The third-order valence-corrected chi connectivity index (χ3v) is 4.77. The fourth-order valence-corrected chi connectivity index (χ4v) is 3.52. The fourth-order valence-electron chi connectivity index (χ4n) is 3.52. The lowest BCUT2D eigenvalue weighted by molar-refractivity contribution is -0.140. The number of nitrogens with zero attached hydrogens (tertiary/aromatic N) is 2. The van der Waals surface area contributed by atoms with E-state index >= 15 is 0 Å². The summed E-state index contributed by atoms with van der Waals surface area (Å²) in [6, 6.07) is 0. The van der Waals surface area contributed by atoms with E-state index in [-0.39, 0.29) is 29.7 Å². The molecule has 7 heteroatoms. The van der Waals surface area contributed by atoms with Crippen LogP contribution in [0.4, 0.5) is 4.79 Å². The van der Waals surface area contributed by atoms with Gasteiger partial charge in [0.25, 0.3) is 0 Å². The molecule has 2 unspecified atom stereocenters. The van der Waals surface area contributed by atoms with Crippen molar-refractivity contribution in [3.05, 3.63) is 0 Å². The molecule has 3 amide bonds. The molecule has 0 saturated carbocycles. The molecule has 2 atom stereocenters. The number of likely N-dealkylation sites (tertiary alicyclic amines) is 2. The molecule has 0 aromatic carbocycles. The Hall–Kier alpha value is -1.79. The summed E-state index contributed by atoms with van der Waals surface area (Å²) in [6.45, 7) is 7.70. The Bertz CT molecular complexity index is 515. The largest absolute Gasteiger partial charge is 0.444 e. The van der Waals surface area contributed by atoms with Gasteiger partial charge < -0.3 is 19.9 Å². The molecule has 0 aliphatic carbocycles. The lowest BCUT2D eigenvalue weighted by atomic mass is 9.93. The van der Waals surface area contributed by atoms with Gasteiger partial charge >= 0.3 is 6.09 Å². The molecular formula is C18H31N3O4. The number of ether oxygens (including phenoxy) is 1. The SMILES string of the molecule is CNC(=O)C1CCCN(C(=O)C2CCCN(C(=O)OC(C)(C)C)C2)C1. The molecule has 0 aromatic heterocycles. The molecular weight excluding hydrogens is 322 g/mol. The minimum Gasteiger partial charge on any atom is -0.444 e. The number of piperidine rings is 2. The standard InChI is InChI=1S/C18H31N3O4/c1-18(2,3)25-17(24)21-10-6-8-14(12-21)16(23)20-9-5-7-13(11-20)15(22)19-4/h13-14H,5-12H2,1-4H3,(H,19,22). The number of amides is 3. The lowest BCUT2D eigenvalue weighted by Crippen LogP contribution is -2.51. The van der Waals surface area contributed by atoms with Crippen molar-refractivity contribution in [1.82, 2.24) is 15.1 Å². The number of nitrogens with one attached hydrogen (secondary N) is 1. The third kappa shape index (κ3) is 5.34. The summed E-state index contributed by atoms with van der Waals surface area (Å²) in [5.41, 5.74) is -0.540. The predicted molar refractivity (Wildman–Crippen MR) is 93.9 cm³/mol. The van der Waals surface area contributed by atoms with Crippen LogP contribution in [0.2, 0.25) is 0 Å². The van der Waals surface area contributed by atoms with Gasteiger partial charge in [-0.1, -0.05) is 0 Å². The van der Waals surface area contributed by atoms with Gasteiger partial charge in [-0.25, -0.2) is 4.79 Å². The molecule has 142 valence electrons. The Balaban J connectivity index is 1.94.